The van der Waals surface area contributed by atoms with Gasteiger partial charge in [0.25, 0.3) is 0 Å². The molecule has 3 N–H and O–H groups in total. The van der Waals surface area contributed by atoms with Crippen molar-refractivity contribution in [2.75, 3.05) is 5.32 Å². The Morgan fingerprint density at radius 2 is 2.14 bits per heavy atom. The van der Waals surface area contributed by atoms with E-state index in [2.05, 4.69) is 15.3 Å². The Kier molecular flexibility index (Phi) is 3.37. The lowest BCUT2D eigenvalue weighted by molar-refractivity contribution is 0.635. The van der Waals surface area contributed by atoms with Gasteiger partial charge in [-0.1, -0.05) is 0 Å². The van der Waals surface area contributed by atoms with Crippen molar-refractivity contribution in [2.24, 2.45) is 5.73 Å². The van der Waals surface area contributed by atoms with Gasteiger partial charge in [0.15, 0.2) is 5.69 Å². The molecule has 2 unspecified atom stereocenters. The molecule has 0 aromatic carbocycles. The first kappa shape index (κ1) is 10.4. The standard InChI is InChI=1S/C9H13N5/c1-6(11)7(2)14-9-5-12-8(3-10)4-13-9/h4-7H,11H2,1-2H3,(H,13,14). The maximum absolute atomic E-state index is 8.51. The van der Waals surface area contributed by atoms with Crippen LogP contribution in [-0.2, 0) is 0 Å². The summed E-state index contributed by atoms with van der Waals surface area (Å²) in [5.41, 5.74) is 5.99. The molecule has 0 spiro atoms. The zero-order chi connectivity index (χ0) is 10.6. The molecule has 0 fully saturated rings. The maximum Gasteiger partial charge on any atom is 0.158 e. The summed E-state index contributed by atoms with van der Waals surface area (Å²) in [6.45, 7) is 3.87. The number of rotatable bonds is 3. The molecular weight excluding hydrogens is 178 g/mol. The highest BCUT2D eigenvalue weighted by molar-refractivity contribution is 5.34. The normalized spacial score (nSPS) is 14.1. The van der Waals surface area contributed by atoms with Crippen LogP contribution in [0.4, 0.5) is 5.82 Å². The highest BCUT2D eigenvalue weighted by atomic mass is 15.0. The molecule has 2 atom stereocenters. The van der Waals surface area contributed by atoms with Gasteiger partial charge in [-0.2, -0.15) is 5.26 Å². The minimum absolute atomic E-state index is 0.0347. The van der Waals surface area contributed by atoms with E-state index < -0.39 is 0 Å². The van der Waals surface area contributed by atoms with Gasteiger partial charge in [-0.15, -0.1) is 0 Å². The van der Waals surface area contributed by atoms with Crippen molar-refractivity contribution < 1.29 is 0 Å². The summed E-state index contributed by atoms with van der Waals surface area (Å²) in [5.74, 6) is 0.633. The van der Waals surface area contributed by atoms with Crippen molar-refractivity contribution in [3.8, 4) is 6.07 Å². The van der Waals surface area contributed by atoms with E-state index in [9.17, 15) is 0 Å². The Balaban J connectivity index is 2.65. The van der Waals surface area contributed by atoms with E-state index in [0.29, 0.717) is 11.5 Å². The predicted octanol–water partition coefficient (Wildman–Crippen LogP) is 0.496. The number of hydrogen-bond acceptors (Lipinski definition) is 5. The van der Waals surface area contributed by atoms with Crippen LogP contribution in [0.25, 0.3) is 0 Å². The predicted molar refractivity (Wildman–Crippen MR) is 53.5 cm³/mol. The van der Waals surface area contributed by atoms with Crippen LogP contribution in [0, 0.1) is 11.3 Å². The van der Waals surface area contributed by atoms with Gasteiger partial charge in [-0.25, -0.2) is 9.97 Å². The Labute approximate surface area is 83.0 Å². The SMILES string of the molecule is CC(N)C(C)Nc1cnc(C#N)cn1. The van der Waals surface area contributed by atoms with E-state index in [1.165, 1.54) is 12.4 Å². The van der Waals surface area contributed by atoms with Crippen LogP contribution in [0.5, 0.6) is 0 Å². The third-order valence-corrected chi connectivity index (χ3v) is 1.93. The van der Waals surface area contributed by atoms with Crippen LogP contribution in [0.2, 0.25) is 0 Å². The number of nitrogens with zero attached hydrogens (tertiary/aromatic N) is 3. The fourth-order valence-corrected chi connectivity index (χ4v) is 0.825. The third-order valence-electron chi connectivity index (χ3n) is 1.93. The largest absolute Gasteiger partial charge is 0.365 e. The van der Waals surface area contributed by atoms with Crippen molar-refractivity contribution in [3.05, 3.63) is 18.1 Å². The first-order chi connectivity index (χ1) is 6.63. The number of hydrogen-bond donors (Lipinski definition) is 2. The molecule has 74 valence electrons. The molecule has 5 heteroatoms. The molecule has 0 radical (unpaired) electrons. The summed E-state index contributed by atoms with van der Waals surface area (Å²) in [7, 11) is 0. The van der Waals surface area contributed by atoms with Crippen molar-refractivity contribution in [3.63, 3.8) is 0 Å². The minimum Gasteiger partial charge on any atom is -0.365 e. The quantitative estimate of drug-likeness (QED) is 0.726. The summed E-state index contributed by atoms with van der Waals surface area (Å²) in [6.07, 6.45) is 2.95. The maximum atomic E-state index is 8.51. The number of aromatic nitrogens is 2. The topological polar surface area (TPSA) is 87.6 Å². The van der Waals surface area contributed by atoms with Crippen LogP contribution in [0.1, 0.15) is 19.5 Å². The lowest BCUT2D eigenvalue weighted by atomic mass is 10.2. The molecule has 0 aliphatic heterocycles. The summed E-state index contributed by atoms with van der Waals surface area (Å²) in [4.78, 5) is 7.90. The van der Waals surface area contributed by atoms with Gasteiger partial charge in [0.1, 0.15) is 11.9 Å². The van der Waals surface area contributed by atoms with E-state index in [1.54, 1.807) is 0 Å². The van der Waals surface area contributed by atoms with Crippen LogP contribution >= 0.6 is 0 Å². The second-order valence-electron chi connectivity index (χ2n) is 3.19. The highest BCUT2D eigenvalue weighted by Crippen LogP contribution is 2.03. The van der Waals surface area contributed by atoms with Crippen LogP contribution in [-0.4, -0.2) is 22.1 Å². The molecular formula is C9H13N5. The van der Waals surface area contributed by atoms with Crippen molar-refractivity contribution >= 4 is 5.82 Å². The smallest absolute Gasteiger partial charge is 0.158 e. The van der Waals surface area contributed by atoms with Crippen LogP contribution in [0.3, 0.4) is 0 Å². The van der Waals surface area contributed by atoms with Gasteiger partial charge in [0, 0.05) is 12.1 Å². The van der Waals surface area contributed by atoms with Crippen molar-refractivity contribution in [1.82, 2.24) is 9.97 Å². The molecule has 0 bridgehead atoms. The first-order valence-electron chi connectivity index (χ1n) is 4.37. The molecule has 5 nitrogen and oxygen atoms in total. The Hall–Kier alpha value is -1.67. The third kappa shape index (κ3) is 2.68. The van der Waals surface area contributed by atoms with Crippen molar-refractivity contribution in [1.29, 1.82) is 5.26 Å². The van der Waals surface area contributed by atoms with Gasteiger partial charge in [-0.3, -0.25) is 0 Å². The van der Waals surface area contributed by atoms with Crippen LogP contribution in [0.15, 0.2) is 12.4 Å². The number of nitriles is 1. The van der Waals surface area contributed by atoms with Gasteiger partial charge in [0.2, 0.25) is 0 Å². The summed E-state index contributed by atoms with van der Waals surface area (Å²) >= 11 is 0. The first-order valence-corrected chi connectivity index (χ1v) is 4.37. The van der Waals surface area contributed by atoms with E-state index >= 15 is 0 Å². The average molecular weight is 191 g/mol. The summed E-state index contributed by atoms with van der Waals surface area (Å²) in [6, 6.07) is 2.06. The average Bonchev–Trinajstić information content (AvgIpc) is 2.19. The van der Waals surface area contributed by atoms with E-state index in [1.807, 2.05) is 19.9 Å². The van der Waals surface area contributed by atoms with Gasteiger partial charge in [-0.05, 0) is 13.8 Å². The van der Waals surface area contributed by atoms with Crippen LogP contribution < -0.4 is 11.1 Å². The highest BCUT2D eigenvalue weighted by Gasteiger charge is 2.07. The molecule has 0 saturated heterocycles. The second-order valence-corrected chi connectivity index (χ2v) is 3.19. The molecule has 14 heavy (non-hydrogen) atoms. The van der Waals surface area contributed by atoms with Crippen molar-refractivity contribution in [2.45, 2.75) is 25.9 Å². The minimum atomic E-state index is 0.0347. The van der Waals surface area contributed by atoms with Gasteiger partial charge in [0.05, 0.1) is 12.4 Å². The fraction of sp³-hybridized carbons (Fsp3) is 0.444. The van der Waals surface area contributed by atoms with E-state index in [-0.39, 0.29) is 12.1 Å². The number of anilines is 1. The zero-order valence-electron chi connectivity index (χ0n) is 8.23. The molecule has 0 amide bonds. The molecule has 1 heterocycles. The van der Waals surface area contributed by atoms with E-state index in [0.717, 1.165) is 0 Å². The number of nitrogens with one attached hydrogen (secondary N) is 1. The van der Waals surface area contributed by atoms with E-state index in [4.69, 9.17) is 11.0 Å². The zero-order valence-corrected chi connectivity index (χ0v) is 8.23. The van der Waals surface area contributed by atoms with Gasteiger partial charge < -0.3 is 11.1 Å². The Morgan fingerprint density at radius 3 is 2.57 bits per heavy atom. The monoisotopic (exact) mass is 191 g/mol. The molecule has 0 aliphatic carbocycles. The molecule has 1 aromatic heterocycles. The summed E-state index contributed by atoms with van der Waals surface area (Å²) in [5, 5.41) is 11.6. The molecule has 0 aliphatic rings. The Morgan fingerprint density at radius 1 is 1.43 bits per heavy atom. The lowest BCUT2D eigenvalue weighted by Crippen LogP contribution is -2.35. The second kappa shape index (κ2) is 4.53. The molecule has 1 aromatic rings. The lowest BCUT2D eigenvalue weighted by Gasteiger charge is -2.17. The van der Waals surface area contributed by atoms with Gasteiger partial charge >= 0.3 is 0 Å². The molecule has 1 rings (SSSR count). The molecule has 0 saturated carbocycles. The fourth-order valence-electron chi connectivity index (χ4n) is 0.825. The number of nitrogens with two attached hydrogens (primary N) is 1. The summed E-state index contributed by atoms with van der Waals surface area (Å²) < 4.78 is 0. The Bertz CT molecular complexity index is 324.